The monoisotopic (exact) mass is 165 g/mol. The smallest absolute Gasteiger partial charge is 0.0825 e. The Balaban J connectivity index is 2.34. The Labute approximate surface area is 72.6 Å². The lowest BCUT2D eigenvalue weighted by molar-refractivity contribution is 0.244. The molecule has 12 heavy (non-hydrogen) atoms. The molecule has 0 amide bonds. The van der Waals surface area contributed by atoms with Gasteiger partial charge in [0, 0.05) is 12.7 Å². The lowest BCUT2D eigenvalue weighted by atomic mass is 9.75. The van der Waals surface area contributed by atoms with E-state index in [4.69, 9.17) is 5.73 Å². The molecule has 0 spiro atoms. The molecule has 0 radical (unpaired) electrons. The molecule has 1 heterocycles. The summed E-state index contributed by atoms with van der Waals surface area (Å²) in [6, 6.07) is 2.10. The van der Waals surface area contributed by atoms with Gasteiger partial charge in [-0.2, -0.15) is 5.10 Å². The van der Waals surface area contributed by atoms with Crippen LogP contribution < -0.4 is 5.73 Å². The van der Waals surface area contributed by atoms with Crippen LogP contribution in [-0.2, 0) is 12.6 Å². The highest BCUT2D eigenvalue weighted by molar-refractivity contribution is 5.20. The molecule has 66 valence electrons. The predicted octanol–water partition coefficient (Wildman–Crippen LogP) is 1.07. The number of hydrogen-bond acceptors (Lipinski definition) is 2. The van der Waals surface area contributed by atoms with Crippen molar-refractivity contribution in [3.8, 4) is 0 Å². The topological polar surface area (TPSA) is 43.8 Å². The van der Waals surface area contributed by atoms with Crippen molar-refractivity contribution in [1.29, 1.82) is 0 Å². The first-order valence-electron chi connectivity index (χ1n) is 4.42. The Bertz CT molecular complexity index is 277. The molecule has 0 aromatic carbocycles. The van der Waals surface area contributed by atoms with Crippen molar-refractivity contribution in [2.75, 3.05) is 0 Å². The van der Waals surface area contributed by atoms with E-state index in [1.807, 2.05) is 11.7 Å². The van der Waals surface area contributed by atoms with Gasteiger partial charge in [-0.25, -0.2) is 0 Å². The summed E-state index contributed by atoms with van der Waals surface area (Å²) in [5.41, 5.74) is 8.27. The van der Waals surface area contributed by atoms with E-state index in [0.29, 0.717) is 0 Å². The van der Waals surface area contributed by atoms with E-state index in [1.54, 1.807) is 0 Å². The third-order valence-electron chi connectivity index (χ3n) is 2.87. The average Bonchev–Trinajstić information content (AvgIpc) is 2.28. The van der Waals surface area contributed by atoms with Gasteiger partial charge < -0.3 is 5.73 Å². The summed E-state index contributed by atoms with van der Waals surface area (Å²) in [5.74, 6) is 0. The zero-order valence-electron chi connectivity index (χ0n) is 7.67. The minimum atomic E-state index is -0.105. The van der Waals surface area contributed by atoms with Crippen LogP contribution in [0.15, 0.2) is 6.07 Å². The van der Waals surface area contributed by atoms with E-state index in [1.165, 1.54) is 12.1 Å². The van der Waals surface area contributed by atoms with Gasteiger partial charge in [0.15, 0.2) is 0 Å². The van der Waals surface area contributed by atoms with Crippen LogP contribution in [0.2, 0.25) is 0 Å². The van der Waals surface area contributed by atoms with Crippen LogP contribution in [0.25, 0.3) is 0 Å². The van der Waals surface area contributed by atoms with Gasteiger partial charge in [-0.1, -0.05) is 0 Å². The number of nitrogens with zero attached hydrogens (tertiary/aromatic N) is 2. The zero-order valence-corrected chi connectivity index (χ0v) is 7.67. The van der Waals surface area contributed by atoms with Crippen molar-refractivity contribution in [2.45, 2.75) is 31.7 Å². The molecule has 1 aromatic heterocycles. The van der Waals surface area contributed by atoms with Crippen molar-refractivity contribution in [3.05, 3.63) is 17.5 Å². The number of aryl methyl sites for hydroxylation is 2. The number of aromatic nitrogens is 2. The molecular weight excluding hydrogens is 150 g/mol. The van der Waals surface area contributed by atoms with Gasteiger partial charge in [-0.05, 0) is 32.3 Å². The zero-order chi connectivity index (χ0) is 8.77. The largest absolute Gasteiger partial charge is 0.320 e. The fourth-order valence-electron chi connectivity index (χ4n) is 1.62. The maximum atomic E-state index is 6.13. The van der Waals surface area contributed by atoms with E-state index in [-0.39, 0.29) is 5.54 Å². The normalized spacial score (nSPS) is 20.6. The average molecular weight is 165 g/mol. The van der Waals surface area contributed by atoms with Crippen LogP contribution in [-0.4, -0.2) is 9.78 Å². The maximum Gasteiger partial charge on any atom is 0.0825 e. The van der Waals surface area contributed by atoms with E-state index < -0.39 is 0 Å². The van der Waals surface area contributed by atoms with Gasteiger partial charge in [-0.15, -0.1) is 0 Å². The molecule has 3 nitrogen and oxygen atoms in total. The summed E-state index contributed by atoms with van der Waals surface area (Å²) in [5, 5.41) is 4.40. The van der Waals surface area contributed by atoms with Crippen molar-refractivity contribution in [2.24, 2.45) is 12.8 Å². The van der Waals surface area contributed by atoms with Gasteiger partial charge in [0.2, 0.25) is 0 Å². The van der Waals surface area contributed by atoms with Crippen LogP contribution in [0, 0.1) is 6.92 Å². The van der Waals surface area contributed by atoms with Gasteiger partial charge in [0.05, 0.1) is 11.2 Å². The summed E-state index contributed by atoms with van der Waals surface area (Å²) in [7, 11) is 1.96. The molecule has 0 saturated heterocycles. The molecule has 3 heteroatoms. The fourth-order valence-corrected chi connectivity index (χ4v) is 1.62. The SMILES string of the molecule is Cc1cc(C2(N)CCC2)nn1C. The molecule has 1 aliphatic carbocycles. The standard InChI is InChI=1S/C9H15N3/c1-7-6-8(11-12(7)2)9(10)4-3-5-9/h6H,3-5,10H2,1-2H3. The molecule has 1 fully saturated rings. The van der Waals surface area contributed by atoms with Gasteiger partial charge in [0.1, 0.15) is 0 Å². The lowest BCUT2D eigenvalue weighted by Gasteiger charge is -2.36. The lowest BCUT2D eigenvalue weighted by Crippen LogP contribution is -2.43. The summed E-state index contributed by atoms with van der Waals surface area (Å²) < 4.78 is 1.89. The molecule has 0 unspecified atom stereocenters. The first kappa shape index (κ1) is 7.80. The van der Waals surface area contributed by atoms with E-state index in [0.717, 1.165) is 18.5 Å². The highest BCUT2D eigenvalue weighted by Gasteiger charge is 2.36. The summed E-state index contributed by atoms with van der Waals surface area (Å²) in [6.45, 7) is 2.05. The Morgan fingerprint density at radius 1 is 1.58 bits per heavy atom. The first-order valence-corrected chi connectivity index (χ1v) is 4.42. The third kappa shape index (κ3) is 0.966. The second kappa shape index (κ2) is 2.33. The minimum Gasteiger partial charge on any atom is -0.320 e. The second-order valence-electron chi connectivity index (χ2n) is 3.80. The molecule has 2 rings (SSSR count). The van der Waals surface area contributed by atoms with Gasteiger partial charge in [0.25, 0.3) is 0 Å². The first-order chi connectivity index (χ1) is 5.62. The van der Waals surface area contributed by atoms with Crippen LogP contribution in [0.5, 0.6) is 0 Å². The molecule has 0 atom stereocenters. The molecule has 1 saturated carbocycles. The van der Waals surface area contributed by atoms with Crippen LogP contribution >= 0.6 is 0 Å². The van der Waals surface area contributed by atoms with Crippen LogP contribution in [0.4, 0.5) is 0 Å². The van der Waals surface area contributed by atoms with Crippen LogP contribution in [0.3, 0.4) is 0 Å². The van der Waals surface area contributed by atoms with Crippen molar-refractivity contribution in [1.82, 2.24) is 9.78 Å². The Morgan fingerprint density at radius 3 is 2.58 bits per heavy atom. The van der Waals surface area contributed by atoms with Crippen molar-refractivity contribution in [3.63, 3.8) is 0 Å². The Kier molecular flexibility index (Phi) is 1.51. The number of rotatable bonds is 1. The van der Waals surface area contributed by atoms with E-state index in [2.05, 4.69) is 18.1 Å². The summed E-state index contributed by atoms with van der Waals surface area (Å²) in [4.78, 5) is 0. The molecule has 0 aliphatic heterocycles. The Hall–Kier alpha value is -0.830. The van der Waals surface area contributed by atoms with Crippen LogP contribution in [0.1, 0.15) is 30.7 Å². The van der Waals surface area contributed by atoms with Gasteiger partial charge in [-0.3, -0.25) is 4.68 Å². The minimum absolute atomic E-state index is 0.105. The molecule has 2 N–H and O–H groups in total. The van der Waals surface area contributed by atoms with E-state index in [9.17, 15) is 0 Å². The second-order valence-corrected chi connectivity index (χ2v) is 3.80. The number of hydrogen-bond donors (Lipinski definition) is 1. The summed E-state index contributed by atoms with van der Waals surface area (Å²) >= 11 is 0. The third-order valence-corrected chi connectivity index (χ3v) is 2.87. The molecule has 1 aliphatic rings. The van der Waals surface area contributed by atoms with Crippen molar-refractivity contribution >= 4 is 0 Å². The maximum absolute atomic E-state index is 6.13. The van der Waals surface area contributed by atoms with Crippen molar-refractivity contribution < 1.29 is 0 Å². The highest BCUT2D eigenvalue weighted by atomic mass is 15.3. The molecule has 1 aromatic rings. The van der Waals surface area contributed by atoms with Gasteiger partial charge >= 0.3 is 0 Å². The Morgan fingerprint density at radius 2 is 2.25 bits per heavy atom. The quantitative estimate of drug-likeness (QED) is 0.676. The summed E-state index contributed by atoms with van der Waals surface area (Å²) in [6.07, 6.45) is 3.42. The van der Waals surface area contributed by atoms with E-state index >= 15 is 0 Å². The highest BCUT2D eigenvalue weighted by Crippen LogP contribution is 2.37. The fraction of sp³-hybridized carbons (Fsp3) is 0.667. The molecular formula is C9H15N3. The number of nitrogens with two attached hydrogens (primary N) is 1. The predicted molar refractivity (Wildman–Crippen MR) is 47.7 cm³/mol. The molecule has 0 bridgehead atoms.